The van der Waals surface area contributed by atoms with E-state index in [1.807, 2.05) is 0 Å². The van der Waals surface area contributed by atoms with Crippen LogP contribution in [0.4, 0.5) is 18.9 Å². The van der Waals surface area contributed by atoms with E-state index in [-0.39, 0.29) is 24.0 Å². The van der Waals surface area contributed by atoms with Gasteiger partial charge in [-0.15, -0.1) is 0 Å². The number of nitrogens with two attached hydrogens (primary N) is 1. The summed E-state index contributed by atoms with van der Waals surface area (Å²) in [4.78, 5) is 12.1. The molecule has 0 aliphatic heterocycles. The molecule has 0 bridgehead atoms. The molecule has 0 spiro atoms. The molecule has 0 aliphatic carbocycles. The predicted octanol–water partition coefficient (Wildman–Crippen LogP) is 4.18. The van der Waals surface area contributed by atoms with Crippen LogP contribution in [0.2, 0.25) is 5.02 Å². The average Bonchev–Trinajstić information content (AvgIpc) is 2.59. The minimum atomic E-state index is -3.33. The van der Waals surface area contributed by atoms with Crippen LogP contribution in [-0.4, -0.2) is 28.0 Å². The van der Waals surface area contributed by atoms with Crippen LogP contribution in [-0.2, 0) is 5.92 Å². The number of benzene rings is 1. The Hall–Kier alpha value is -2.68. The van der Waals surface area contributed by atoms with Gasteiger partial charge >= 0.3 is 6.01 Å². The Bertz CT molecular complexity index is 897. The van der Waals surface area contributed by atoms with Gasteiger partial charge in [-0.2, -0.15) is 10.1 Å². The Balaban J connectivity index is 2.18. The molecule has 0 amide bonds. The van der Waals surface area contributed by atoms with Crippen molar-refractivity contribution >= 4 is 28.7 Å². The summed E-state index contributed by atoms with van der Waals surface area (Å²) in [5.74, 6) is 1.01. The molecule has 27 heavy (non-hydrogen) atoms. The maximum absolute atomic E-state index is 13.6. The molecule has 1 aromatic heterocycles. The van der Waals surface area contributed by atoms with E-state index < -0.39 is 17.3 Å². The van der Waals surface area contributed by atoms with Crippen LogP contribution in [0.3, 0.4) is 0 Å². The van der Waals surface area contributed by atoms with Gasteiger partial charge in [-0.25, -0.2) is 18.2 Å². The van der Waals surface area contributed by atoms with Crippen LogP contribution in [0.5, 0.6) is 6.01 Å². The highest BCUT2D eigenvalue weighted by Gasteiger charge is 2.28. The number of aliphatic imine (C=N–C) groups is 1. The zero-order valence-electron chi connectivity index (χ0n) is 14.8. The quantitative estimate of drug-likeness (QED) is 0.448. The summed E-state index contributed by atoms with van der Waals surface area (Å²) in [6.07, 6.45) is 1.39. The van der Waals surface area contributed by atoms with E-state index in [1.165, 1.54) is 12.3 Å². The second-order valence-electron chi connectivity index (χ2n) is 5.70. The number of aromatic nitrogens is 2. The summed E-state index contributed by atoms with van der Waals surface area (Å²) < 4.78 is 45.9. The van der Waals surface area contributed by atoms with E-state index in [1.54, 1.807) is 13.8 Å². The van der Waals surface area contributed by atoms with Crippen LogP contribution in [0, 0.1) is 12.7 Å². The van der Waals surface area contributed by atoms with Crippen molar-refractivity contribution in [2.75, 3.05) is 6.61 Å². The molecule has 1 aromatic carbocycles. The molecule has 2 aromatic rings. The highest BCUT2D eigenvalue weighted by atomic mass is 35.5. The van der Waals surface area contributed by atoms with Crippen LogP contribution in [0.1, 0.15) is 25.1 Å². The second kappa shape index (κ2) is 8.34. The van der Waals surface area contributed by atoms with Crippen LogP contribution in [0.15, 0.2) is 34.5 Å². The maximum Gasteiger partial charge on any atom is 0.317 e. The van der Waals surface area contributed by atoms with Crippen LogP contribution in [0.25, 0.3) is 0 Å². The third-order valence-corrected chi connectivity index (χ3v) is 3.90. The van der Waals surface area contributed by atoms with Gasteiger partial charge in [-0.05, 0) is 32.0 Å². The van der Waals surface area contributed by atoms with E-state index >= 15 is 0 Å². The van der Waals surface area contributed by atoms with E-state index in [0.29, 0.717) is 23.4 Å². The number of hydrazone groups is 1. The standard InChI is InChI=1S/C17H17ClF3N5O/c1-9-13(18)7-23-16(25-9)27-8-15(26-22)10(2)24-11-4-5-14(19)12(6-11)17(3,20)21/h4-7H,8,22H2,1-3H3. The van der Waals surface area contributed by atoms with Gasteiger partial charge in [-0.1, -0.05) is 11.6 Å². The lowest BCUT2D eigenvalue weighted by molar-refractivity contribution is 0.0138. The molecule has 0 atom stereocenters. The van der Waals surface area contributed by atoms with Gasteiger partial charge in [-0.3, -0.25) is 4.99 Å². The lowest BCUT2D eigenvalue weighted by Gasteiger charge is -2.12. The largest absolute Gasteiger partial charge is 0.457 e. The van der Waals surface area contributed by atoms with Gasteiger partial charge in [0.15, 0.2) is 0 Å². The van der Waals surface area contributed by atoms with Crippen molar-refractivity contribution in [1.82, 2.24) is 9.97 Å². The monoisotopic (exact) mass is 399 g/mol. The van der Waals surface area contributed by atoms with Crippen molar-refractivity contribution in [2.24, 2.45) is 15.9 Å². The van der Waals surface area contributed by atoms with Crippen molar-refractivity contribution in [2.45, 2.75) is 26.7 Å². The van der Waals surface area contributed by atoms with Gasteiger partial charge in [0, 0.05) is 6.92 Å². The zero-order chi connectivity index (χ0) is 20.2. The van der Waals surface area contributed by atoms with Gasteiger partial charge in [0.1, 0.15) is 18.1 Å². The minimum absolute atomic E-state index is 0.0699. The third-order valence-electron chi connectivity index (χ3n) is 3.53. The van der Waals surface area contributed by atoms with Crippen LogP contribution >= 0.6 is 11.6 Å². The fraction of sp³-hybridized carbons (Fsp3) is 0.294. The molecule has 0 saturated carbocycles. The Kier molecular flexibility index (Phi) is 6.37. The highest BCUT2D eigenvalue weighted by molar-refractivity contribution is 6.42. The first-order chi connectivity index (χ1) is 12.6. The molecule has 0 saturated heterocycles. The smallest absolute Gasteiger partial charge is 0.317 e. The number of ether oxygens (including phenoxy) is 1. The number of rotatable bonds is 6. The Morgan fingerprint density at radius 3 is 2.67 bits per heavy atom. The molecule has 144 valence electrons. The van der Waals surface area contributed by atoms with Gasteiger partial charge < -0.3 is 10.6 Å². The first-order valence-corrected chi connectivity index (χ1v) is 8.11. The van der Waals surface area contributed by atoms with Crippen molar-refractivity contribution < 1.29 is 17.9 Å². The Labute approximate surface area is 158 Å². The van der Waals surface area contributed by atoms with Gasteiger partial charge in [0.05, 0.1) is 33.9 Å². The molecule has 0 unspecified atom stereocenters. The normalized spacial score (nSPS) is 13.0. The summed E-state index contributed by atoms with van der Waals surface area (Å²) in [5.41, 5.74) is 0.465. The topological polar surface area (TPSA) is 85.8 Å². The van der Waals surface area contributed by atoms with E-state index in [2.05, 4.69) is 20.1 Å². The van der Waals surface area contributed by atoms with Gasteiger partial charge in [0.2, 0.25) is 0 Å². The van der Waals surface area contributed by atoms with Crippen molar-refractivity contribution in [3.05, 3.63) is 46.5 Å². The third kappa shape index (κ3) is 5.40. The molecule has 1 heterocycles. The molecular weight excluding hydrogens is 383 g/mol. The summed E-state index contributed by atoms with van der Waals surface area (Å²) in [5, 5.41) is 3.98. The Morgan fingerprint density at radius 1 is 1.37 bits per heavy atom. The minimum Gasteiger partial charge on any atom is -0.457 e. The lowest BCUT2D eigenvalue weighted by atomic mass is 10.1. The number of halogens is 4. The van der Waals surface area contributed by atoms with Gasteiger partial charge in [0.25, 0.3) is 5.92 Å². The summed E-state index contributed by atoms with van der Waals surface area (Å²) in [6, 6.07) is 3.24. The zero-order valence-corrected chi connectivity index (χ0v) is 15.6. The summed E-state index contributed by atoms with van der Waals surface area (Å²) in [6.45, 7) is 3.76. The molecule has 0 radical (unpaired) electrons. The number of hydrogen-bond acceptors (Lipinski definition) is 6. The fourth-order valence-electron chi connectivity index (χ4n) is 2.05. The molecule has 2 N–H and O–H groups in total. The molecule has 6 nitrogen and oxygen atoms in total. The van der Waals surface area contributed by atoms with E-state index in [9.17, 15) is 13.2 Å². The second-order valence-corrected chi connectivity index (χ2v) is 6.11. The van der Waals surface area contributed by atoms with E-state index in [0.717, 1.165) is 12.1 Å². The molecule has 0 fully saturated rings. The van der Waals surface area contributed by atoms with Crippen molar-refractivity contribution in [1.29, 1.82) is 0 Å². The van der Waals surface area contributed by atoms with Crippen molar-refractivity contribution in [3.63, 3.8) is 0 Å². The summed E-state index contributed by atoms with van der Waals surface area (Å²) >= 11 is 5.84. The first kappa shape index (κ1) is 20.6. The SMILES string of the molecule is CC(=Nc1ccc(F)c(C(C)(F)F)c1)C(COc1ncc(Cl)c(C)n1)=NN. The number of aryl methyl sites for hydroxylation is 1. The summed E-state index contributed by atoms with van der Waals surface area (Å²) in [7, 11) is 0. The lowest BCUT2D eigenvalue weighted by Crippen LogP contribution is -2.22. The fourth-order valence-corrected chi connectivity index (χ4v) is 2.14. The Morgan fingerprint density at radius 2 is 2.07 bits per heavy atom. The van der Waals surface area contributed by atoms with E-state index in [4.69, 9.17) is 22.2 Å². The number of hydrogen-bond donors (Lipinski definition) is 1. The van der Waals surface area contributed by atoms with Crippen LogP contribution < -0.4 is 10.6 Å². The predicted molar refractivity (Wildman–Crippen MR) is 97.6 cm³/mol. The number of nitrogens with zero attached hydrogens (tertiary/aromatic N) is 4. The maximum atomic E-state index is 13.6. The average molecular weight is 400 g/mol. The molecule has 10 heteroatoms. The first-order valence-electron chi connectivity index (χ1n) is 7.74. The highest BCUT2D eigenvalue weighted by Crippen LogP contribution is 2.32. The molecular formula is C17H17ClF3N5O. The molecule has 0 aliphatic rings. The van der Waals surface area contributed by atoms with Crippen molar-refractivity contribution in [3.8, 4) is 6.01 Å². The number of alkyl halides is 2. The molecule has 2 rings (SSSR count).